The van der Waals surface area contributed by atoms with Crippen LogP contribution in [0.25, 0.3) is 0 Å². The van der Waals surface area contributed by atoms with E-state index in [1.807, 2.05) is 24.3 Å². The predicted octanol–water partition coefficient (Wildman–Crippen LogP) is 1.80. The van der Waals surface area contributed by atoms with E-state index in [-0.39, 0.29) is 12.3 Å². The van der Waals surface area contributed by atoms with Crippen LogP contribution >= 0.6 is 11.6 Å². The number of rotatable bonds is 4. The summed E-state index contributed by atoms with van der Waals surface area (Å²) in [6.45, 7) is 0.133. The molecular weight excluding hydrogens is 186 g/mol. The molecule has 0 aliphatic carbocycles. The summed E-state index contributed by atoms with van der Waals surface area (Å²) in [7, 11) is 0. The molecule has 0 bridgehead atoms. The second kappa shape index (κ2) is 5.00. The molecule has 1 aromatic rings. The lowest BCUT2D eigenvalue weighted by Gasteiger charge is -1.99. The summed E-state index contributed by atoms with van der Waals surface area (Å²) in [5.41, 5.74) is 6.31. The lowest BCUT2D eigenvalue weighted by molar-refractivity contribution is -0.117. The Morgan fingerprint density at radius 3 is 2.46 bits per heavy atom. The van der Waals surface area contributed by atoms with Crippen LogP contribution in [0.4, 0.5) is 0 Å². The molecule has 0 fully saturated rings. The van der Waals surface area contributed by atoms with E-state index in [1.54, 1.807) is 0 Å². The molecule has 2 nitrogen and oxygen atoms in total. The second-order valence-corrected chi connectivity index (χ2v) is 3.31. The van der Waals surface area contributed by atoms with Gasteiger partial charge in [-0.15, -0.1) is 0 Å². The van der Waals surface area contributed by atoms with Crippen LogP contribution in [-0.4, -0.2) is 12.3 Å². The summed E-state index contributed by atoms with van der Waals surface area (Å²) >= 11 is 5.71. The van der Waals surface area contributed by atoms with Crippen molar-refractivity contribution in [1.29, 1.82) is 0 Å². The van der Waals surface area contributed by atoms with Gasteiger partial charge in [-0.05, 0) is 24.1 Å². The molecule has 0 radical (unpaired) electrons. The number of hydrogen-bond donors (Lipinski definition) is 1. The largest absolute Gasteiger partial charge is 0.324 e. The predicted molar refractivity (Wildman–Crippen MR) is 53.8 cm³/mol. The molecule has 0 aliphatic rings. The molecule has 70 valence electrons. The Balaban J connectivity index is 2.46. The van der Waals surface area contributed by atoms with Gasteiger partial charge in [-0.2, -0.15) is 0 Å². The van der Waals surface area contributed by atoms with Crippen LogP contribution in [-0.2, 0) is 11.2 Å². The van der Waals surface area contributed by atoms with Gasteiger partial charge in [0.1, 0.15) is 5.78 Å². The van der Waals surface area contributed by atoms with Crippen molar-refractivity contribution in [3.8, 4) is 0 Å². The molecular formula is C10H12ClNO. The molecule has 1 aromatic carbocycles. The summed E-state index contributed by atoms with van der Waals surface area (Å²) < 4.78 is 0. The highest BCUT2D eigenvalue weighted by Crippen LogP contribution is 2.10. The molecule has 13 heavy (non-hydrogen) atoms. The fourth-order valence-electron chi connectivity index (χ4n) is 1.04. The quantitative estimate of drug-likeness (QED) is 0.800. The monoisotopic (exact) mass is 197 g/mol. The minimum absolute atomic E-state index is 0.0925. The van der Waals surface area contributed by atoms with Gasteiger partial charge in [-0.1, -0.05) is 23.7 Å². The first-order chi connectivity index (χ1) is 6.22. The van der Waals surface area contributed by atoms with E-state index in [1.165, 1.54) is 0 Å². The van der Waals surface area contributed by atoms with Crippen molar-refractivity contribution in [2.45, 2.75) is 12.8 Å². The van der Waals surface area contributed by atoms with Gasteiger partial charge in [-0.3, -0.25) is 4.79 Å². The minimum Gasteiger partial charge on any atom is -0.324 e. The van der Waals surface area contributed by atoms with Crippen LogP contribution in [0.5, 0.6) is 0 Å². The zero-order valence-corrected chi connectivity index (χ0v) is 8.05. The average Bonchev–Trinajstić information content (AvgIpc) is 2.16. The van der Waals surface area contributed by atoms with Gasteiger partial charge in [0.2, 0.25) is 0 Å². The standard InChI is InChI=1S/C10H12ClNO/c11-9-4-1-8(2-5-9)3-6-10(13)7-12/h1-2,4-5H,3,6-7,12H2. The molecule has 3 heteroatoms. The Morgan fingerprint density at radius 1 is 1.31 bits per heavy atom. The van der Waals surface area contributed by atoms with E-state index in [9.17, 15) is 4.79 Å². The molecule has 1 rings (SSSR count). The third-order valence-corrected chi connectivity index (χ3v) is 2.09. The first kappa shape index (κ1) is 10.2. The second-order valence-electron chi connectivity index (χ2n) is 2.87. The number of hydrogen-bond acceptors (Lipinski definition) is 2. The van der Waals surface area contributed by atoms with E-state index in [4.69, 9.17) is 17.3 Å². The van der Waals surface area contributed by atoms with Gasteiger partial charge in [0, 0.05) is 11.4 Å². The highest BCUT2D eigenvalue weighted by Gasteiger charge is 1.99. The van der Waals surface area contributed by atoms with Crippen LogP contribution in [0.1, 0.15) is 12.0 Å². The lowest BCUT2D eigenvalue weighted by atomic mass is 10.1. The maximum Gasteiger partial charge on any atom is 0.146 e. The van der Waals surface area contributed by atoms with Crippen molar-refractivity contribution in [3.05, 3.63) is 34.9 Å². The number of carbonyl (C=O) groups excluding carboxylic acids is 1. The normalized spacial score (nSPS) is 10.0. The zero-order chi connectivity index (χ0) is 9.68. The van der Waals surface area contributed by atoms with E-state index >= 15 is 0 Å². The SMILES string of the molecule is NCC(=O)CCc1ccc(Cl)cc1. The first-order valence-electron chi connectivity index (χ1n) is 4.18. The number of ketones is 1. The van der Waals surface area contributed by atoms with Crippen LogP contribution in [0, 0.1) is 0 Å². The summed E-state index contributed by atoms with van der Waals surface area (Å²) in [5.74, 6) is 0.0925. The van der Waals surface area contributed by atoms with Gasteiger partial charge in [0.25, 0.3) is 0 Å². The smallest absolute Gasteiger partial charge is 0.146 e. The minimum atomic E-state index is 0.0925. The molecule has 0 spiro atoms. The number of nitrogens with two attached hydrogens (primary N) is 1. The summed E-state index contributed by atoms with van der Waals surface area (Å²) in [4.78, 5) is 10.9. The van der Waals surface area contributed by atoms with Crippen LogP contribution < -0.4 is 5.73 Å². The molecule has 0 unspecified atom stereocenters. The fourth-order valence-corrected chi connectivity index (χ4v) is 1.16. The Labute approximate surface area is 82.7 Å². The zero-order valence-electron chi connectivity index (χ0n) is 7.29. The van der Waals surface area contributed by atoms with Gasteiger partial charge < -0.3 is 5.73 Å². The van der Waals surface area contributed by atoms with Crippen molar-refractivity contribution < 1.29 is 4.79 Å². The molecule has 0 saturated heterocycles. The van der Waals surface area contributed by atoms with Crippen molar-refractivity contribution in [2.24, 2.45) is 5.73 Å². The Morgan fingerprint density at radius 2 is 1.92 bits per heavy atom. The van der Waals surface area contributed by atoms with Gasteiger partial charge in [0.15, 0.2) is 0 Å². The first-order valence-corrected chi connectivity index (χ1v) is 4.56. The Bertz CT molecular complexity index is 281. The third-order valence-electron chi connectivity index (χ3n) is 1.83. The molecule has 0 aliphatic heterocycles. The van der Waals surface area contributed by atoms with Crippen molar-refractivity contribution in [3.63, 3.8) is 0 Å². The summed E-state index contributed by atoms with van der Waals surface area (Å²) in [6.07, 6.45) is 1.26. The van der Waals surface area contributed by atoms with E-state index in [2.05, 4.69) is 0 Å². The lowest BCUT2D eigenvalue weighted by Crippen LogP contribution is -2.13. The topological polar surface area (TPSA) is 43.1 Å². The Hall–Kier alpha value is -0.860. The molecule has 2 N–H and O–H groups in total. The van der Waals surface area contributed by atoms with Crippen LogP contribution in [0.15, 0.2) is 24.3 Å². The number of halogens is 1. The molecule has 0 aromatic heterocycles. The van der Waals surface area contributed by atoms with Crippen molar-refractivity contribution >= 4 is 17.4 Å². The molecule has 0 atom stereocenters. The molecule has 0 saturated carbocycles. The van der Waals surface area contributed by atoms with E-state index in [0.717, 1.165) is 12.0 Å². The van der Waals surface area contributed by atoms with Gasteiger partial charge >= 0.3 is 0 Å². The number of Topliss-reactive ketones (excluding diaryl/α,β-unsaturated/α-hetero) is 1. The van der Waals surface area contributed by atoms with E-state index < -0.39 is 0 Å². The Kier molecular flexibility index (Phi) is 3.93. The number of carbonyl (C=O) groups is 1. The van der Waals surface area contributed by atoms with Crippen molar-refractivity contribution in [1.82, 2.24) is 0 Å². The van der Waals surface area contributed by atoms with Gasteiger partial charge in [0.05, 0.1) is 6.54 Å². The third kappa shape index (κ3) is 3.57. The number of benzene rings is 1. The highest BCUT2D eigenvalue weighted by atomic mass is 35.5. The van der Waals surface area contributed by atoms with Gasteiger partial charge in [-0.25, -0.2) is 0 Å². The number of aryl methyl sites for hydroxylation is 1. The summed E-state index contributed by atoms with van der Waals surface area (Å²) in [5, 5.41) is 0.717. The maximum atomic E-state index is 10.9. The molecule has 0 amide bonds. The fraction of sp³-hybridized carbons (Fsp3) is 0.300. The van der Waals surface area contributed by atoms with E-state index in [0.29, 0.717) is 11.4 Å². The van der Waals surface area contributed by atoms with Crippen molar-refractivity contribution in [2.75, 3.05) is 6.54 Å². The average molecular weight is 198 g/mol. The maximum absolute atomic E-state index is 10.9. The highest BCUT2D eigenvalue weighted by molar-refractivity contribution is 6.30. The van der Waals surface area contributed by atoms with Crippen LogP contribution in [0.2, 0.25) is 5.02 Å². The molecule has 0 heterocycles. The summed E-state index contributed by atoms with van der Waals surface area (Å²) in [6, 6.07) is 7.49. The van der Waals surface area contributed by atoms with Crippen LogP contribution in [0.3, 0.4) is 0 Å².